The highest BCUT2D eigenvalue weighted by atomic mass is 28.4. The van der Waals surface area contributed by atoms with Crippen LogP contribution in [0.5, 0.6) is 0 Å². The molecule has 4 nitrogen and oxygen atoms in total. The summed E-state index contributed by atoms with van der Waals surface area (Å²) in [6.45, 7) is 7.19. The molecule has 2 aliphatic heterocycles. The lowest BCUT2D eigenvalue weighted by Crippen LogP contribution is -2.86. The van der Waals surface area contributed by atoms with Crippen molar-refractivity contribution in [2.45, 2.75) is 88.4 Å². The molecule has 0 spiro atoms. The van der Waals surface area contributed by atoms with Crippen molar-refractivity contribution in [1.82, 2.24) is 10.6 Å². The van der Waals surface area contributed by atoms with Crippen LogP contribution in [0.1, 0.15) is 78.1 Å². The van der Waals surface area contributed by atoms with Crippen LogP contribution in [-0.2, 0) is 8.85 Å². The SMILES string of the molecule is CO[Si](OC)(C1(C)NCCC2CCCCC21)C1(C)NCCC2CCCCC21. The molecule has 6 unspecified atom stereocenters. The summed E-state index contributed by atoms with van der Waals surface area (Å²) in [5, 5.41) is 8.00. The third-order valence-corrected chi connectivity index (χ3v) is 14.2. The molecule has 6 atom stereocenters. The van der Waals surface area contributed by atoms with Crippen molar-refractivity contribution in [3.63, 3.8) is 0 Å². The molecule has 5 heteroatoms. The minimum Gasteiger partial charge on any atom is -0.396 e. The Morgan fingerprint density at radius 3 is 1.48 bits per heavy atom. The van der Waals surface area contributed by atoms with Gasteiger partial charge in [-0.05, 0) is 76.3 Å². The Morgan fingerprint density at radius 1 is 0.667 bits per heavy atom. The van der Waals surface area contributed by atoms with Crippen molar-refractivity contribution in [2.24, 2.45) is 23.7 Å². The van der Waals surface area contributed by atoms with Crippen molar-refractivity contribution >= 4 is 8.56 Å². The second-order valence-corrected chi connectivity index (χ2v) is 14.3. The fourth-order valence-electron chi connectivity index (χ4n) is 8.11. The van der Waals surface area contributed by atoms with E-state index in [-0.39, 0.29) is 10.3 Å². The van der Waals surface area contributed by atoms with Crippen LogP contribution < -0.4 is 10.6 Å². The maximum absolute atomic E-state index is 6.66. The van der Waals surface area contributed by atoms with Gasteiger partial charge < -0.3 is 19.5 Å². The molecule has 2 heterocycles. The predicted molar refractivity (Wildman–Crippen MR) is 113 cm³/mol. The highest BCUT2D eigenvalue weighted by Gasteiger charge is 2.71. The first-order valence-corrected chi connectivity index (χ1v) is 13.4. The highest BCUT2D eigenvalue weighted by Crippen LogP contribution is 2.53. The van der Waals surface area contributed by atoms with Gasteiger partial charge in [-0.1, -0.05) is 38.5 Å². The van der Waals surface area contributed by atoms with Crippen LogP contribution in [-0.4, -0.2) is 46.2 Å². The molecule has 4 fully saturated rings. The molecule has 0 aromatic heterocycles. The summed E-state index contributed by atoms with van der Waals surface area (Å²) in [6, 6.07) is 0. The fourth-order valence-corrected chi connectivity index (χ4v) is 13.5. The van der Waals surface area contributed by atoms with Crippen molar-refractivity contribution in [1.29, 1.82) is 0 Å². The van der Waals surface area contributed by atoms with Gasteiger partial charge in [0, 0.05) is 14.2 Å². The number of rotatable bonds is 4. The van der Waals surface area contributed by atoms with Gasteiger partial charge in [-0.2, -0.15) is 0 Å². The number of piperidine rings is 2. The van der Waals surface area contributed by atoms with Gasteiger partial charge in [0.25, 0.3) is 0 Å². The minimum absolute atomic E-state index is 0.0269. The van der Waals surface area contributed by atoms with Crippen molar-refractivity contribution < 1.29 is 8.85 Å². The van der Waals surface area contributed by atoms with Gasteiger partial charge in [0.2, 0.25) is 0 Å². The molecular formula is C22H42N2O2Si. The number of nitrogens with one attached hydrogen (secondary N) is 2. The number of hydrogen-bond acceptors (Lipinski definition) is 4. The maximum atomic E-state index is 6.66. The van der Waals surface area contributed by atoms with Crippen LogP contribution >= 0.6 is 0 Å². The van der Waals surface area contributed by atoms with Crippen LogP contribution in [0.25, 0.3) is 0 Å². The molecule has 0 radical (unpaired) electrons. The smallest absolute Gasteiger partial charge is 0.379 e. The van der Waals surface area contributed by atoms with E-state index in [0.717, 1.165) is 24.9 Å². The Bertz CT molecular complexity index is 482. The molecule has 0 amide bonds. The Hall–Kier alpha value is 0.0569. The van der Waals surface area contributed by atoms with Crippen LogP contribution in [0.15, 0.2) is 0 Å². The maximum Gasteiger partial charge on any atom is 0.379 e. The molecule has 2 N–H and O–H groups in total. The lowest BCUT2D eigenvalue weighted by atomic mass is 9.71. The quantitative estimate of drug-likeness (QED) is 0.709. The summed E-state index contributed by atoms with van der Waals surface area (Å²) in [7, 11) is 1.28. The molecule has 0 bridgehead atoms. The molecule has 0 aromatic carbocycles. The van der Waals surface area contributed by atoms with E-state index in [9.17, 15) is 0 Å². The Morgan fingerprint density at radius 2 is 1.07 bits per heavy atom. The zero-order chi connectivity index (χ0) is 19.1. The van der Waals surface area contributed by atoms with E-state index in [1.165, 1.54) is 64.2 Å². The average molecular weight is 395 g/mol. The zero-order valence-electron chi connectivity index (χ0n) is 18.1. The summed E-state index contributed by atoms with van der Waals surface area (Å²) in [4.78, 5) is 0. The fraction of sp³-hybridized carbons (Fsp3) is 1.00. The van der Waals surface area contributed by atoms with Crippen molar-refractivity contribution in [3.05, 3.63) is 0 Å². The van der Waals surface area contributed by atoms with E-state index < -0.39 is 8.56 Å². The van der Waals surface area contributed by atoms with Crippen LogP contribution in [0, 0.1) is 23.7 Å². The zero-order valence-corrected chi connectivity index (χ0v) is 19.1. The Balaban J connectivity index is 1.77. The normalized spacial score (nSPS) is 45.8. The third-order valence-electron chi connectivity index (χ3n) is 9.26. The van der Waals surface area contributed by atoms with E-state index in [4.69, 9.17) is 8.85 Å². The van der Waals surface area contributed by atoms with Crippen molar-refractivity contribution in [2.75, 3.05) is 27.3 Å². The lowest BCUT2D eigenvalue weighted by molar-refractivity contribution is 0.0227. The van der Waals surface area contributed by atoms with E-state index in [1.54, 1.807) is 0 Å². The summed E-state index contributed by atoms with van der Waals surface area (Å²) in [5.74, 6) is 3.07. The topological polar surface area (TPSA) is 42.5 Å². The van der Waals surface area contributed by atoms with Gasteiger partial charge in [0.1, 0.15) is 0 Å². The summed E-state index contributed by atoms with van der Waals surface area (Å²) in [6.07, 6.45) is 13.7. The van der Waals surface area contributed by atoms with Gasteiger partial charge in [0.15, 0.2) is 0 Å². The second-order valence-electron chi connectivity index (χ2n) is 10.2. The number of hydrogen-bond donors (Lipinski definition) is 2. The van der Waals surface area contributed by atoms with Crippen LogP contribution in [0.3, 0.4) is 0 Å². The molecule has 4 aliphatic rings. The summed E-state index contributed by atoms with van der Waals surface area (Å²) < 4.78 is 13.3. The van der Waals surface area contributed by atoms with Gasteiger partial charge in [-0.15, -0.1) is 0 Å². The summed E-state index contributed by atoms with van der Waals surface area (Å²) >= 11 is 0. The van der Waals surface area contributed by atoms with E-state index in [0.29, 0.717) is 11.8 Å². The average Bonchev–Trinajstić information content (AvgIpc) is 2.70. The molecule has 156 valence electrons. The van der Waals surface area contributed by atoms with Gasteiger partial charge in [0.05, 0.1) is 10.3 Å². The first-order valence-electron chi connectivity index (χ1n) is 11.6. The molecular weight excluding hydrogens is 352 g/mol. The van der Waals surface area contributed by atoms with Gasteiger partial charge >= 0.3 is 8.56 Å². The first-order chi connectivity index (χ1) is 13.0. The Labute approximate surface area is 167 Å². The highest BCUT2D eigenvalue weighted by molar-refractivity contribution is 6.74. The minimum atomic E-state index is -2.63. The van der Waals surface area contributed by atoms with Gasteiger partial charge in [-0.25, -0.2) is 0 Å². The van der Waals surface area contributed by atoms with Crippen LogP contribution in [0.2, 0.25) is 0 Å². The van der Waals surface area contributed by atoms with Crippen LogP contribution in [0.4, 0.5) is 0 Å². The third kappa shape index (κ3) is 2.90. The summed E-state index contributed by atoms with van der Waals surface area (Å²) in [5.41, 5.74) is 0. The van der Waals surface area contributed by atoms with E-state index in [2.05, 4.69) is 24.5 Å². The standard InChI is InChI=1S/C22H42N2O2Si/c1-21(19-11-7-5-9-17(19)13-15-23-21)27(25-3,26-4)22(2)20-12-8-6-10-18(20)14-16-24-22/h17-20,23-24H,5-16H2,1-4H3. The second kappa shape index (κ2) is 7.71. The number of fused-ring (bicyclic) bond motifs is 2. The molecule has 0 aromatic rings. The molecule has 2 saturated heterocycles. The first kappa shape index (κ1) is 20.3. The monoisotopic (exact) mass is 394 g/mol. The predicted octanol–water partition coefficient (Wildman–Crippen LogP) is 3.92. The van der Waals surface area contributed by atoms with Crippen molar-refractivity contribution in [3.8, 4) is 0 Å². The Kier molecular flexibility index (Phi) is 5.81. The molecule has 27 heavy (non-hydrogen) atoms. The largest absolute Gasteiger partial charge is 0.396 e. The molecule has 2 saturated carbocycles. The molecule has 2 aliphatic carbocycles. The van der Waals surface area contributed by atoms with Gasteiger partial charge in [-0.3, -0.25) is 0 Å². The molecule has 4 rings (SSSR count). The van der Waals surface area contributed by atoms with E-state index >= 15 is 0 Å². The van der Waals surface area contributed by atoms with E-state index in [1.807, 2.05) is 14.2 Å². The lowest BCUT2D eigenvalue weighted by Gasteiger charge is -2.63.